The molecule has 1 unspecified atom stereocenters. The number of benzene rings is 2. The summed E-state index contributed by atoms with van der Waals surface area (Å²) in [4.78, 5) is 0. The van der Waals surface area contributed by atoms with E-state index >= 15 is 0 Å². The molecule has 0 heterocycles. The Labute approximate surface area is 121 Å². The van der Waals surface area contributed by atoms with E-state index in [1.165, 1.54) is 47.9 Å². The molecule has 0 saturated heterocycles. The van der Waals surface area contributed by atoms with Gasteiger partial charge in [-0.15, -0.1) is 0 Å². The molecule has 3 rings (SSSR count). The predicted molar refractivity (Wildman–Crippen MR) is 82.7 cm³/mol. The topological polar surface area (TPSA) is 9.23 Å². The van der Waals surface area contributed by atoms with Crippen molar-refractivity contribution in [2.45, 2.75) is 45.3 Å². The van der Waals surface area contributed by atoms with Crippen LogP contribution in [0, 0.1) is 0 Å². The molecule has 0 N–H and O–H groups in total. The summed E-state index contributed by atoms with van der Waals surface area (Å²) >= 11 is 0. The molecule has 0 spiro atoms. The average Bonchev–Trinajstić information content (AvgIpc) is 2.53. The van der Waals surface area contributed by atoms with Gasteiger partial charge in [0.25, 0.3) is 0 Å². The summed E-state index contributed by atoms with van der Waals surface area (Å²) in [7, 11) is 0. The lowest BCUT2D eigenvalue weighted by molar-refractivity contribution is 0.0525. The zero-order valence-corrected chi connectivity index (χ0v) is 12.1. The van der Waals surface area contributed by atoms with E-state index in [1.54, 1.807) is 0 Å². The maximum absolute atomic E-state index is 6.01. The molecule has 0 bridgehead atoms. The molecule has 0 saturated carbocycles. The molecule has 1 aliphatic carbocycles. The molecule has 1 aliphatic rings. The molecule has 1 atom stereocenters. The highest BCUT2D eigenvalue weighted by Crippen LogP contribution is 2.24. The highest BCUT2D eigenvalue weighted by Gasteiger charge is 2.10. The number of fused-ring (bicyclic) bond motifs is 1. The van der Waals surface area contributed by atoms with Gasteiger partial charge in [-0.2, -0.15) is 0 Å². The molecule has 1 heteroatoms. The fourth-order valence-electron chi connectivity index (χ4n) is 2.92. The van der Waals surface area contributed by atoms with Crippen molar-refractivity contribution < 1.29 is 4.74 Å². The second-order valence-electron chi connectivity index (χ2n) is 5.67. The van der Waals surface area contributed by atoms with E-state index in [4.69, 9.17) is 4.74 Å². The van der Waals surface area contributed by atoms with E-state index in [1.807, 2.05) is 6.07 Å². The van der Waals surface area contributed by atoms with Crippen LogP contribution < -0.4 is 0 Å². The van der Waals surface area contributed by atoms with Crippen LogP contribution in [0.15, 0.2) is 48.5 Å². The Hall–Kier alpha value is -1.60. The molecule has 0 fully saturated rings. The van der Waals surface area contributed by atoms with Gasteiger partial charge in [0.1, 0.15) is 0 Å². The molecule has 20 heavy (non-hydrogen) atoms. The van der Waals surface area contributed by atoms with E-state index in [0.717, 1.165) is 0 Å². The van der Waals surface area contributed by atoms with Gasteiger partial charge in [0.15, 0.2) is 0 Å². The first-order valence-electron chi connectivity index (χ1n) is 7.60. The summed E-state index contributed by atoms with van der Waals surface area (Å²) in [5.41, 5.74) is 5.61. The van der Waals surface area contributed by atoms with Crippen LogP contribution in [0.25, 0.3) is 0 Å². The van der Waals surface area contributed by atoms with Crippen LogP contribution in [0.3, 0.4) is 0 Å². The van der Waals surface area contributed by atoms with Crippen LogP contribution >= 0.6 is 0 Å². The van der Waals surface area contributed by atoms with Crippen molar-refractivity contribution in [2.24, 2.45) is 0 Å². The number of hydrogen-bond acceptors (Lipinski definition) is 1. The second kappa shape index (κ2) is 6.23. The first-order valence-corrected chi connectivity index (χ1v) is 7.60. The van der Waals surface area contributed by atoms with E-state index in [0.29, 0.717) is 6.61 Å². The molecule has 0 radical (unpaired) electrons. The van der Waals surface area contributed by atoms with Gasteiger partial charge in [-0.05, 0) is 54.9 Å². The Bertz CT molecular complexity index is 559. The van der Waals surface area contributed by atoms with Crippen molar-refractivity contribution in [3.63, 3.8) is 0 Å². The molecule has 1 nitrogen and oxygen atoms in total. The quantitative estimate of drug-likeness (QED) is 0.769. The zero-order chi connectivity index (χ0) is 13.8. The molecular formula is C19H22O. The van der Waals surface area contributed by atoms with Crippen LogP contribution in [0.5, 0.6) is 0 Å². The summed E-state index contributed by atoms with van der Waals surface area (Å²) < 4.78 is 6.01. The normalized spacial score (nSPS) is 15.7. The second-order valence-corrected chi connectivity index (χ2v) is 5.67. The van der Waals surface area contributed by atoms with Crippen molar-refractivity contribution in [2.75, 3.05) is 0 Å². The van der Waals surface area contributed by atoms with E-state index in [2.05, 4.69) is 49.4 Å². The van der Waals surface area contributed by atoms with Gasteiger partial charge in [0.2, 0.25) is 0 Å². The van der Waals surface area contributed by atoms with E-state index in [-0.39, 0.29) is 6.10 Å². The van der Waals surface area contributed by atoms with Gasteiger partial charge >= 0.3 is 0 Å². The minimum Gasteiger partial charge on any atom is -0.369 e. The van der Waals surface area contributed by atoms with Crippen molar-refractivity contribution in [3.05, 3.63) is 70.8 Å². The molecule has 0 aromatic heterocycles. The standard InChI is InChI=1S/C19H22O/c1-15(17-7-3-2-4-8-17)20-14-16-11-12-18-9-5-6-10-19(18)13-16/h2-4,7-8,11-13,15H,5-6,9-10,14H2,1H3. The number of aryl methyl sites for hydroxylation is 2. The Morgan fingerprint density at radius 1 is 0.950 bits per heavy atom. The van der Waals surface area contributed by atoms with Crippen LogP contribution in [-0.2, 0) is 24.2 Å². The van der Waals surface area contributed by atoms with Crippen molar-refractivity contribution in [1.82, 2.24) is 0 Å². The maximum Gasteiger partial charge on any atom is 0.0801 e. The highest BCUT2D eigenvalue weighted by atomic mass is 16.5. The molecular weight excluding hydrogens is 244 g/mol. The van der Waals surface area contributed by atoms with Crippen LogP contribution in [0.4, 0.5) is 0 Å². The molecule has 2 aromatic carbocycles. The summed E-state index contributed by atoms with van der Waals surface area (Å²) in [5.74, 6) is 0. The Morgan fingerprint density at radius 3 is 2.50 bits per heavy atom. The zero-order valence-electron chi connectivity index (χ0n) is 12.1. The number of hydrogen-bond donors (Lipinski definition) is 0. The number of ether oxygens (including phenoxy) is 1. The van der Waals surface area contributed by atoms with Gasteiger partial charge in [-0.3, -0.25) is 0 Å². The third-order valence-electron chi connectivity index (χ3n) is 4.18. The summed E-state index contributed by atoms with van der Waals surface area (Å²) in [6.45, 7) is 2.82. The van der Waals surface area contributed by atoms with Gasteiger partial charge in [0.05, 0.1) is 12.7 Å². The van der Waals surface area contributed by atoms with Gasteiger partial charge < -0.3 is 4.74 Å². The minimum atomic E-state index is 0.146. The fourth-order valence-corrected chi connectivity index (χ4v) is 2.92. The fraction of sp³-hybridized carbons (Fsp3) is 0.368. The lowest BCUT2D eigenvalue weighted by Crippen LogP contribution is -2.05. The predicted octanol–water partition coefficient (Wildman–Crippen LogP) is 4.84. The average molecular weight is 266 g/mol. The highest BCUT2D eigenvalue weighted by molar-refractivity contribution is 5.33. The summed E-state index contributed by atoms with van der Waals surface area (Å²) in [6, 6.07) is 17.3. The Kier molecular flexibility index (Phi) is 4.17. The molecule has 0 amide bonds. The lowest BCUT2D eigenvalue weighted by Gasteiger charge is -2.18. The van der Waals surface area contributed by atoms with Crippen molar-refractivity contribution in [3.8, 4) is 0 Å². The molecule has 2 aromatic rings. The lowest BCUT2D eigenvalue weighted by atomic mass is 9.90. The van der Waals surface area contributed by atoms with E-state index < -0.39 is 0 Å². The first-order chi connectivity index (χ1) is 9.83. The third kappa shape index (κ3) is 3.10. The van der Waals surface area contributed by atoms with Crippen molar-refractivity contribution in [1.29, 1.82) is 0 Å². The summed E-state index contributed by atoms with van der Waals surface area (Å²) in [5, 5.41) is 0. The molecule has 104 valence electrons. The smallest absolute Gasteiger partial charge is 0.0801 e. The SMILES string of the molecule is CC(OCc1ccc2c(c1)CCCC2)c1ccccc1. The monoisotopic (exact) mass is 266 g/mol. The third-order valence-corrected chi connectivity index (χ3v) is 4.18. The van der Waals surface area contributed by atoms with Gasteiger partial charge in [-0.25, -0.2) is 0 Å². The Balaban J connectivity index is 1.64. The van der Waals surface area contributed by atoms with Crippen LogP contribution in [-0.4, -0.2) is 0 Å². The molecule has 0 aliphatic heterocycles. The van der Waals surface area contributed by atoms with Crippen molar-refractivity contribution >= 4 is 0 Å². The van der Waals surface area contributed by atoms with Crippen LogP contribution in [0.1, 0.15) is 48.1 Å². The van der Waals surface area contributed by atoms with Gasteiger partial charge in [-0.1, -0.05) is 48.5 Å². The number of rotatable bonds is 4. The van der Waals surface area contributed by atoms with Crippen LogP contribution in [0.2, 0.25) is 0 Å². The first kappa shape index (κ1) is 13.4. The maximum atomic E-state index is 6.01. The van der Waals surface area contributed by atoms with Gasteiger partial charge in [0, 0.05) is 0 Å². The Morgan fingerprint density at radius 2 is 1.70 bits per heavy atom. The summed E-state index contributed by atoms with van der Waals surface area (Å²) in [6.07, 6.45) is 5.30. The minimum absolute atomic E-state index is 0.146. The van der Waals surface area contributed by atoms with E-state index in [9.17, 15) is 0 Å². The largest absolute Gasteiger partial charge is 0.369 e.